The second-order valence-corrected chi connectivity index (χ2v) is 8.30. The van der Waals surface area contributed by atoms with Crippen LogP contribution in [0.5, 0.6) is 0 Å². The zero-order chi connectivity index (χ0) is 15.5. The summed E-state index contributed by atoms with van der Waals surface area (Å²) in [6.45, 7) is 1.01. The van der Waals surface area contributed by atoms with Crippen molar-refractivity contribution < 1.29 is 5.11 Å². The Hall–Kier alpha value is -0.360. The van der Waals surface area contributed by atoms with Gasteiger partial charge in [-0.2, -0.15) is 0 Å². The lowest BCUT2D eigenvalue weighted by molar-refractivity contribution is -0.0650. The first-order valence-electron chi connectivity index (χ1n) is 8.68. The van der Waals surface area contributed by atoms with E-state index >= 15 is 0 Å². The minimum atomic E-state index is -0.970. The van der Waals surface area contributed by atoms with Gasteiger partial charge in [0.05, 0.1) is 6.04 Å². The molecule has 22 heavy (non-hydrogen) atoms. The molecule has 1 saturated heterocycles. The van der Waals surface area contributed by atoms with Gasteiger partial charge in [0.25, 0.3) is 0 Å². The molecule has 0 radical (unpaired) electrons. The predicted molar refractivity (Wildman–Crippen MR) is 87.7 cm³/mol. The van der Waals surface area contributed by atoms with E-state index < -0.39 is 5.60 Å². The van der Waals surface area contributed by atoms with Gasteiger partial charge in [-0.15, -0.1) is 11.6 Å². The van der Waals surface area contributed by atoms with Gasteiger partial charge < -0.3 is 10.8 Å². The van der Waals surface area contributed by atoms with Crippen molar-refractivity contribution in [3.63, 3.8) is 0 Å². The molecule has 0 aromatic heterocycles. The Bertz CT molecular complexity index is 485. The van der Waals surface area contributed by atoms with Gasteiger partial charge in [-0.25, -0.2) is 5.01 Å². The first-order valence-corrected chi connectivity index (χ1v) is 9.12. The fourth-order valence-corrected chi connectivity index (χ4v) is 5.91. The normalized spacial score (nSPS) is 52.2. The molecule has 4 N–H and O–H groups in total. The van der Waals surface area contributed by atoms with Crippen molar-refractivity contribution in [1.29, 1.82) is 0 Å². The van der Waals surface area contributed by atoms with Crippen molar-refractivity contribution in [2.24, 2.45) is 28.5 Å². The summed E-state index contributed by atoms with van der Waals surface area (Å²) >= 11 is 6.41. The Kier molecular flexibility index (Phi) is 3.68. The Morgan fingerprint density at radius 3 is 2.95 bits per heavy atom. The molecule has 2 aliphatic carbocycles. The van der Waals surface area contributed by atoms with Gasteiger partial charge in [0, 0.05) is 36.8 Å². The van der Waals surface area contributed by atoms with E-state index in [0.717, 1.165) is 32.2 Å². The number of aliphatic hydroxyl groups is 1. The van der Waals surface area contributed by atoms with E-state index in [2.05, 4.69) is 22.5 Å². The van der Waals surface area contributed by atoms with E-state index in [0.29, 0.717) is 17.8 Å². The molecule has 4 aliphatic rings. The summed E-state index contributed by atoms with van der Waals surface area (Å²) < 4.78 is 0. The molecule has 7 unspecified atom stereocenters. The molecule has 5 nitrogen and oxygen atoms in total. The van der Waals surface area contributed by atoms with Crippen LogP contribution in [0.15, 0.2) is 4.99 Å². The average molecular weight is 327 g/mol. The van der Waals surface area contributed by atoms with E-state index in [1.165, 1.54) is 12.8 Å². The van der Waals surface area contributed by atoms with Crippen molar-refractivity contribution in [2.75, 3.05) is 13.6 Å². The van der Waals surface area contributed by atoms with E-state index in [1.54, 1.807) is 0 Å². The van der Waals surface area contributed by atoms with Crippen molar-refractivity contribution in [1.82, 2.24) is 10.4 Å². The molecule has 2 saturated carbocycles. The zero-order valence-corrected chi connectivity index (χ0v) is 14.0. The third-order valence-electron chi connectivity index (χ3n) is 6.63. The molecule has 2 heterocycles. The van der Waals surface area contributed by atoms with Gasteiger partial charge in [0.15, 0.2) is 0 Å². The number of halogens is 1. The van der Waals surface area contributed by atoms with Crippen LogP contribution in [0.3, 0.4) is 0 Å². The molecular weight excluding hydrogens is 300 g/mol. The lowest BCUT2D eigenvalue weighted by atomic mass is 9.62. The number of hydrazine groups is 1. The monoisotopic (exact) mass is 326 g/mol. The molecule has 6 heteroatoms. The van der Waals surface area contributed by atoms with Crippen LogP contribution in [-0.2, 0) is 0 Å². The smallest absolute Gasteiger partial charge is 0.130 e. The molecule has 0 spiro atoms. The number of hydrogen-bond donors (Lipinski definition) is 3. The Balaban J connectivity index is 1.68. The van der Waals surface area contributed by atoms with Crippen molar-refractivity contribution in [2.45, 2.75) is 61.6 Å². The fraction of sp³-hybridized carbons (Fsp3) is 0.938. The fourth-order valence-electron chi connectivity index (χ4n) is 5.59. The maximum absolute atomic E-state index is 11.7. The van der Waals surface area contributed by atoms with E-state index in [9.17, 15) is 5.11 Å². The zero-order valence-electron chi connectivity index (χ0n) is 13.2. The molecule has 0 aromatic rings. The number of aliphatic imine (C=N–C) groups is 1. The maximum atomic E-state index is 11.7. The first kappa shape index (κ1) is 15.2. The number of fused-ring (bicyclic) bond motifs is 2. The summed E-state index contributed by atoms with van der Waals surface area (Å²) in [6, 6.07) is 0.516. The molecular formula is C16H27ClN4O. The number of amidine groups is 1. The van der Waals surface area contributed by atoms with Crippen LogP contribution in [0.4, 0.5) is 0 Å². The Morgan fingerprint density at radius 1 is 1.32 bits per heavy atom. The topological polar surface area (TPSA) is 73.9 Å². The van der Waals surface area contributed by atoms with Crippen LogP contribution in [-0.4, -0.2) is 52.6 Å². The number of nitrogens with one attached hydrogen (secondary N) is 1. The third-order valence-corrected chi connectivity index (χ3v) is 7.03. The summed E-state index contributed by atoms with van der Waals surface area (Å²) in [5, 5.41) is 14.0. The second kappa shape index (κ2) is 5.33. The summed E-state index contributed by atoms with van der Waals surface area (Å²) in [6.07, 6.45) is 6.19. The van der Waals surface area contributed by atoms with Crippen LogP contribution in [0.25, 0.3) is 0 Å². The van der Waals surface area contributed by atoms with Crippen LogP contribution < -0.4 is 11.2 Å². The standard InChI is InChI=1S/C16H27ClN4O/c1-21-14-9(8-19-21)3-2-4-11(14)16(22)12-7-10(17)5-6-13(12)20-15(16)18/h9-14,19,22H,2-8H2,1H3,(H2,18,20). The number of nitrogens with zero attached hydrogens (tertiary/aromatic N) is 2. The number of rotatable bonds is 1. The minimum Gasteiger partial charge on any atom is -0.385 e. The molecule has 4 rings (SSSR count). The van der Waals surface area contributed by atoms with Gasteiger partial charge in [0.1, 0.15) is 11.4 Å². The molecule has 2 aliphatic heterocycles. The predicted octanol–water partition coefficient (Wildman–Crippen LogP) is 1.10. The van der Waals surface area contributed by atoms with Gasteiger partial charge in [0.2, 0.25) is 0 Å². The summed E-state index contributed by atoms with van der Waals surface area (Å²) in [5.74, 6) is 1.34. The van der Waals surface area contributed by atoms with Gasteiger partial charge in [-0.3, -0.25) is 10.4 Å². The molecule has 0 amide bonds. The molecule has 7 atom stereocenters. The first-order chi connectivity index (χ1) is 10.5. The van der Waals surface area contributed by atoms with E-state index in [-0.39, 0.29) is 23.3 Å². The summed E-state index contributed by atoms with van der Waals surface area (Å²) in [5.41, 5.74) is 8.77. The molecule has 0 aromatic carbocycles. The highest BCUT2D eigenvalue weighted by molar-refractivity contribution is 6.20. The minimum absolute atomic E-state index is 0.0986. The summed E-state index contributed by atoms with van der Waals surface area (Å²) in [7, 11) is 2.09. The van der Waals surface area contributed by atoms with Gasteiger partial charge >= 0.3 is 0 Å². The highest BCUT2D eigenvalue weighted by atomic mass is 35.5. The quantitative estimate of drug-likeness (QED) is 0.631. The number of nitrogens with two attached hydrogens (primary N) is 1. The average Bonchev–Trinajstić information content (AvgIpc) is 3.00. The van der Waals surface area contributed by atoms with Crippen molar-refractivity contribution in [3.05, 3.63) is 0 Å². The second-order valence-electron chi connectivity index (χ2n) is 7.69. The van der Waals surface area contributed by atoms with Crippen molar-refractivity contribution >= 4 is 17.4 Å². The van der Waals surface area contributed by atoms with E-state index in [4.69, 9.17) is 17.3 Å². The van der Waals surface area contributed by atoms with E-state index in [1.807, 2.05) is 0 Å². The van der Waals surface area contributed by atoms with Gasteiger partial charge in [-0.1, -0.05) is 6.42 Å². The van der Waals surface area contributed by atoms with Crippen LogP contribution in [0.1, 0.15) is 38.5 Å². The number of alkyl halides is 1. The highest BCUT2D eigenvalue weighted by Crippen LogP contribution is 2.50. The largest absolute Gasteiger partial charge is 0.385 e. The number of hydrogen-bond acceptors (Lipinski definition) is 5. The SMILES string of the molecule is CN1NCC2CCCC(C3(O)C(N)=NC4CCC(Cl)CC43)C21. The van der Waals surface area contributed by atoms with Crippen LogP contribution in [0, 0.1) is 17.8 Å². The van der Waals surface area contributed by atoms with Crippen LogP contribution >= 0.6 is 11.6 Å². The Labute approximate surface area is 137 Å². The lowest BCUT2D eigenvalue weighted by Gasteiger charge is -2.48. The van der Waals surface area contributed by atoms with Crippen molar-refractivity contribution in [3.8, 4) is 0 Å². The lowest BCUT2D eigenvalue weighted by Crippen LogP contribution is -2.61. The van der Waals surface area contributed by atoms with Gasteiger partial charge in [-0.05, 0) is 38.0 Å². The van der Waals surface area contributed by atoms with Crippen LogP contribution in [0.2, 0.25) is 0 Å². The molecule has 3 fully saturated rings. The molecule has 124 valence electrons. The molecule has 0 bridgehead atoms. The Morgan fingerprint density at radius 2 is 2.14 bits per heavy atom. The summed E-state index contributed by atoms with van der Waals surface area (Å²) in [4.78, 5) is 4.66. The third kappa shape index (κ3) is 2.05. The highest BCUT2D eigenvalue weighted by Gasteiger charge is 2.60. The maximum Gasteiger partial charge on any atom is 0.130 e.